The van der Waals surface area contributed by atoms with Gasteiger partial charge in [-0.3, -0.25) is 9.59 Å². The van der Waals surface area contributed by atoms with Crippen molar-refractivity contribution in [3.8, 4) is 11.6 Å². The Kier molecular flexibility index (Phi) is 6.61. The summed E-state index contributed by atoms with van der Waals surface area (Å²) in [6.45, 7) is 5.52. The lowest BCUT2D eigenvalue weighted by molar-refractivity contribution is -0.141. The lowest BCUT2D eigenvalue weighted by atomic mass is 9.91. The highest BCUT2D eigenvalue weighted by atomic mass is 35.5. The van der Waals surface area contributed by atoms with Crippen LogP contribution in [0.2, 0.25) is 5.15 Å². The van der Waals surface area contributed by atoms with Crippen LogP contribution in [0.15, 0.2) is 64.2 Å². The summed E-state index contributed by atoms with van der Waals surface area (Å²) < 4.78 is 5.99. The summed E-state index contributed by atoms with van der Waals surface area (Å²) in [6.07, 6.45) is 1.89. The van der Waals surface area contributed by atoms with Crippen LogP contribution in [0.1, 0.15) is 39.2 Å². The maximum Gasteiger partial charge on any atom is 0.329 e. The van der Waals surface area contributed by atoms with Crippen LogP contribution in [0.4, 0.5) is 11.4 Å². The number of aliphatic carboxylic acids is 1. The third-order valence-electron chi connectivity index (χ3n) is 7.34. The number of fused-ring (bicyclic) bond motifs is 1. The predicted octanol–water partition coefficient (Wildman–Crippen LogP) is 5.15. The van der Waals surface area contributed by atoms with Crippen molar-refractivity contribution in [1.82, 2.24) is 4.98 Å². The van der Waals surface area contributed by atoms with Gasteiger partial charge < -0.3 is 20.1 Å². The summed E-state index contributed by atoms with van der Waals surface area (Å²) >= 11 is 6.16. The normalized spacial score (nSPS) is 19.0. The number of ether oxygens (including phenoxy) is 1. The van der Waals surface area contributed by atoms with Crippen molar-refractivity contribution >= 4 is 39.7 Å². The molecule has 8 nitrogen and oxygen atoms in total. The fraction of sp³-hybridized carbons (Fsp3) is 0.310. The Morgan fingerprint density at radius 3 is 2.42 bits per heavy atom. The molecule has 2 N–H and O–H groups in total. The van der Waals surface area contributed by atoms with E-state index in [1.807, 2.05) is 43.0 Å². The van der Waals surface area contributed by atoms with E-state index in [2.05, 4.69) is 10.3 Å². The number of anilines is 2. The van der Waals surface area contributed by atoms with E-state index in [1.54, 1.807) is 30.3 Å². The van der Waals surface area contributed by atoms with E-state index < -0.39 is 22.4 Å². The number of rotatable bonds is 8. The standard InChI is InChI=1S/C29H28ClN3O5/c1-16-8-9-17(2)33(16)24-23(25(34)26(24)35)32-29(3,28(36)37)15-18-10-12-20(13-11-18)38-27-21-7-5-4-6-19(21)14-22(30)31-27/h4-7,10-14,16-17,32H,8-9,15H2,1-3H3,(H,36,37)/t16-,17-,29-/m0/s1. The van der Waals surface area contributed by atoms with Crippen LogP contribution in [0, 0.1) is 0 Å². The van der Waals surface area contributed by atoms with Crippen molar-refractivity contribution in [2.45, 2.75) is 57.7 Å². The van der Waals surface area contributed by atoms with Gasteiger partial charge in [0.2, 0.25) is 5.88 Å². The molecule has 0 spiro atoms. The van der Waals surface area contributed by atoms with Crippen LogP contribution in [0.5, 0.6) is 11.6 Å². The van der Waals surface area contributed by atoms with Crippen LogP contribution >= 0.6 is 11.6 Å². The summed E-state index contributed by atoms with van der Waals surface area (Å²) in [5, 5.41) is 15.1. The Morgan fingerprint density at radius 1 is 1.11 bits per heavy atom. The molecule has 1 aliphatic heterocycles. The maximum atomic E-state index is 12.5. The van der Waals surface area contributed by atoms with Gasteiger partial charge in [-0.2, -0.15) is 0 Å². The van der Waals surface area contributed by atoms with Gasteiger partial charge in [-0.1, -0.05) is 41.9 Å². The zero-order valence-electron chi connectivity index (χ0n) is 21.3. The van der Waals surface area contributed by atoms with Gasteiger partial charge in [0.25, 0.3) is 10.9 Å². The molecule has 0 amide bonds. The van der Waals surface area contributed by atoms with E-state index in [0.29, 0.717) is 28.0 Å². The van der Waals surface area contributed by atoms with E-state index in [4.69, 9.17) is 16.3 Å². The first-order valence-corrected chi connectivity index (χ1v) is 12.9. The molecule has 38 heavy (non-hydrogen) atoms. The van der Waals surface area contributed by atoms with E-state index in [-0.39, 0.29) is 24.2 Å². The molecule has 0 unspecified atom stereocenters. The predicted molar refractivity (Wildman–Crippen MR) is 149 cm³/mol. The number of halogens is 1. The largest absolute Gasteiger partial charge is 0.480 e. The number of hydrogen-bond donors (Lipinski definition) is 2. The summed E-state index contributed by atoms with van der Waals surface area (Å²) in [4.78, 5) is 43.6. The number of nitrogens with zero attached hydrogens (tertiary/aromatic N) is 2. The maximum absolute atomic E-state index is 12.5. The molecular formula is C29H28ClN3O5. The van der Waals surface area contributed by atoms with Crippen molar-refractivity contribution in [1.29, 1.82) is 0 Å². The molecule has 4 aromatic rings. The van der Waals surface area contributed by atoms with Crippen LogP contribution in [0.3, 0.4) is 0 Å². The Labute approximate surface area is 224 Å². The smallest absolute Gasteiger partial charge is 0.329 e. The van der Waals surface area contributed by atoms with Gasteiger partial charge in [0.15, 0.2) is 0 Å². The zero-order valence-corrected chi connectivity index (χ0v) is 22.1. The third-order valence-corrected chi connectivity index (χ3v) is 7.53. The summed E-state index contributed by atoms with van der Waals surface area (Å²) in [5.41, 5.74) is -1.67. The molecule has 2 heterocycles. The number of nitrogens with one attached hydrogen (secondary N) is 1. The topological polar surface area (TPSA) is 109 Å². The molecule has 0 aliphatic carbocycles. The number of benzene rings is 2. The van der Waals surface area contributed by atoms with Gasteiger partial charge in [0.05, 0.1) is 0 Å². The average Bonchev–Trinajstić information content (AvgIpc) is 3.21. The first kappa shape index (κ1) is 25.7. The second-order valence-corrected chi connectivity index (χ2v) is 10.6. The molecule has 0 radical (unpaired) electrons. The molecule has 1 aromatic heterocycles. The Morgan fingerprint density at radius 2 is 1.76 bits per heavy atom. The van der Waals surface area contributed by atoms with Gasteiger partial charge in [-0.25, -0.2) is 9.78 Å². The second kappa shape index (κ2) is 9.76. The Bertz CT molecular complexity index is 1580. The molecular weight excluding hydrogens is 506 g/mol. The lowest BCUT2D eigenvalue weighted by Gasteiger charge is -2.34. The van der Waals surface area contributed by atoms with Crippen LogP contribution in [-0.4, -0.2) is 33.7 Å². The third kappa shape index (κ3) is 4.60. The fourth-order valence-corrected chi connectivity index (χ4v) is 5.43. The van der Waals surface area contributed by atoms with Gasteiger partial charge in [-0.05, 0) is 68.8 Å². The van der Waals surface area contributed by atoms with Crippen molar-refractivity contribution in [2.24, 2.45) is 0 Å². The Hall–Kier alpha value is -3.91. The Balaban J connectivity index is 1.37. The monoisotopic (exact) mass is 533 g/mol. The van der Waals surface area contributed by atoms with Crippen LogP contribution < -0.4 is 25.8 Å². The highest BCUT2D eigenvalue weighted by Crippen LogP contribution is 2.35. The molecule has 9 heteroatoms. The molecule has 3 atom stereocenters. The number of pyridine rings is 1. The zero-order chi connectivity index (χ0) is 27.2. The molecule has 0 saturated carbocycles. The van der Waals surface area contributed by atoms with Crippen molar-refractivity contribution in [3.63, 3.8) is 0 Å². The first-order valence-electron chi connectivity index (χ1n) is 12.5. The second-order valence-electron chi connectivity index (χ2n) is 10.2. The molecule has 196 valence electrons. The fourth-order valence-electron chi connectivity index (χ4n) is 5.24. The average molecular weight is 534 g/mol. The molecule has 0 bridgehead atoms. The van der Waals surface area contributed by atoms with Gasteiger partial charge in [0.1, 0.15) is 27.8 Å². The minimum absolute atomic E-state index is 0.0737. The molecule has 1 saturated heterocycles. The summed E-state index contributed by atoms with van der Waals surface area (Å²) in [7, 11) is 0. The highest BCUT2D eigenvalue weighted by Gasteiger charge is 2.40. The molecule has 1 aliphatic rings. The minimum atomic E-state index is -1.52. The summed E-state index contributed by atoms with van der Waals surface area (Å²) in [5.74, 6) is -0.245. The lowest BCUT2D eigenvalue weighted by Crippen LogP contribution is -2.52. The quantitative estimate of drug-likeness (QED) is 0.236. The molecule has 1 fully saturated rings. The van der Waals surface area contributed by atoms with E-state index >= 15 is 0 Å². The minimum Gasteiger partial charge on any atom is -0.480 e. The number of carbonyl (C=O) groups is 1. The molecule has 3 aromatic carbocycles. The number of carboxylic acids is 1. The SMILES string of the molecule is C[C@H]1CC[C@H](C)N1c1c(N[C@@](C)(Cc2ccc(Oc3nc(Cl)cc4ccccc34)cc2)C(=O)O)c(=O)c1=O. The highest BCUT2D eigenvalue weighted by molar-refractivity contribution is 6.30. The van der Waals surface area contributed by atoms with E-state index in [1.165, 1.54) is 6.92 Å². The number of hydrogen-bond acceptors (Lipinski definition) is 7. The van der Waals surface area contributed by atoms with Crippen molar-refractivity contribution < 1.29 is 14.6 Å². The van der Waals surface area contributed by atoms with Gasteiger partial charge in [0, 0.05) is 23.9 Å². The number of carboxylic acid groups (broad SMARTS) is 1. The number of aromatic nitrogens is 1. The van der Waals surface area contributed by atoms with Crippen molar-refractivity contribution in [2.75, 3.05) is 10.2 Å². The van der Waals surface area contributed by atoms with E-state index in [0.717, 1.165) is 23.6 Å². The summed E-state index contributed by atoms with van der Waals surface area (Å²) in [6, 6.07) is 16.6. The van der Waals surface area contributed by atoms with Crippen LogP contribution in [-0.2, 0) is 11.2 Å². The van der Waals surface area contributed by atoms with Crippen molar-refractivity contribution in [3.05, 3.63) is 85.8 Å². The van der Waals surface area contributed by atoms with Crippen LogP contribution in [0.25, 0.3) is 10.8 Å². The first-order chi connectivity index (χ1) is 18.1. The van der Waals surface area contributed by atoms with E-state index in [9.17, 15) is 19.5 Å². The van der Waals surface area contributed by atoms with Gasteiger partial charge >= 0.3 is 5.97 Å². The molecule has 5 rings (SSSR count). The van der Waals surface area contributed by atoms with Gasteiger partial charge in [-0.15, -0.1) is 0 Å².